The number of carboxylic acid groups (broad SMARTS) is 1. The van der Waals surface area contributed by atoms with Crippen molar-refractivity contribution in [2.24, 2.45) is 0 Å². The van der Waals surface area contributed by atoms with Crippen molar-refractivity contribution in [1.82, 2.24) is 5.32 Å². The Morgan fingerprint density at radius 2 is 1.18 bits per heavy atom. The number of nitriles is 1. The number of aromatic hydroxyl groups is 2. The van der Waals surface area contributed by atoms with E-state index in [2.05, 4.69) is 31.1 Å². The predicted octanol–water partition coefficient (Wildman–Crippen LogP) is 5.48. The van der Waals surface area contributed by atoms with Crippen LogP contribution in [0.3, 0.4) is 0 Å². The predicted molar refractivity (Wildman–Crippen MR) is 237 cm³/mol. The number of rotatable bonds is 17. The van der Waals surface area contributed by atoms with Gasteiger partial charge in [-0.25, -0.2) is 9.36 Å². The summed E-state index contributed by atoms with van der Waals surface area (Å²) in [6.07, 6.45) is 1.14. The highest BCUT2D eigenvalue weighted by atomic mass is 31.2. The smallest absolute Gasteiger partial charge is 0.504 e. The van der Waals surface area contributed by atoms with Crippen LogP contribution in [0, 0.1) is 11.3 Å². The zero-order chi connectivity index (χ0) is 48.3. The third-order valence-electron chi connectivity index (χ3n) is 9.23. The van der Waals surface area contributed by atoms with Crippen LogP contribution in [-0.4, -0.2) is 80.9 Å². The summed E-state index contributed by atoms with van der Waals surface area (Å²) in [7, 11) is -2.39. The summed E-state index contributed by atoms with van der Waals surface area (Å²) in [5.74, 6) is -7.01. The summed E-state index contributed by atoms with van der Waals surface area (Å²) in [4.78, 5) is 94.6. The van der Waals surface area contributed by atoms with Crippen LogP contribution in [0.5, 0.6) is 28.7 Å². The molecule has 0 radical (unpaired) electrons. The summed E-state index contributed by atoms with van der Waals surface area (Å²) in [6.45, 7) is 1.55. The molecule has 0 saturated heterocycles. The lowest BCUT2D eigenvalue weighted by molar-refractivity contribution is -0.118. The molecule has 0 aromatic heterocycles. The van der Waals surface area contributed by atoms with E-state index in [9.17, 15) is 53.9 Å². The van der Waals surface area contributed by atoms with Gasteiger partial charge in [0.15, 0.2) is 23.0 Å². The van der Waals surface area contributed by atoms with Crippen LogP contribution in [0.1, 0.15) is 60.3 Å². The lowest BCUT2D eigenvalue weighted by Crippen LogP contribution is -2.43. The van der Waals surface area contributed by atoms with Crippen molar-refractivity contribution in [2.75, 3.05) is 35.5 Å². The van der Waals surface area contributed by atoms with Crippen molar-refractivity contribution in [3.05, 3.63) is 130 Å². The molecular weight excluding hydrogens is 883 g/mol. The van der Waals surface area contributed by atoms with Crippen molar-refractivity contribution in [3.8, 4) is 34.8 Å². The average Bonchev–Trinajstić information content (AvgIpc) is 3.26. The summed E-state index contributed by atoms with van der Waals surface area (Å²) in [5.41, 5.74) is 0.650. The quantitative estimate of drug-likeness (QED) is 0.0407. The van der Waals surface area contributed by atoms with E-state index in [1.165, 1.54) is 104 Å². The lowest BCUT2D eigenvalue weighted by atomic mass is 10.1. The molecule has 5 aromatic rings. The van der Waals surface area contributed by atoms with Crippen molar-refractivity contribution >= 4 is 72.2 Å². The fourth-order valence-corrected chi connectivity index (χ4v) is 6.38. The van der Waals surface area contributed by atoms with Gasteiger partial charge in [0.25, 0.3) is 23.6 Å². The number of hydrogen-bond donors (Lipinski definition) is 10. The highest BCUT2D eigenvalue weighted by Gasteiger charge is 2.25. The van der Waals surface area contributed by atoms with E-state index >= 15 is 0 Å². The second-order valence-corrected chi connectivity index (χ2v) is 14.9. The second-order valence-electron chi connectivity index (χ2n) is 13.8. The molecule has 5 aromatic carbocycles. The van der Waals surface area contributed by atoms with Gasteiger partial charge in [-0.2, -0.15) is 5.26 Å². The van der Waals surface area contributed by atoms with E-state index in [1.807, 2.05) is 6.07 Å². The first-order chi connectivity index (χ1) is 31.3. The molecule has 0 aliphatic rings. The number of phenols is 2. The molecule has 5 rings (SSSR count). The molecule has 10 N–H and O–H groups in total. The molecule has 0 aliphatic heterocycles. The van der Waals surface area contributed by atoms with E-state index in [0.717, 1.165) is 13.2 Å². The molecule has 0 saturated carbocycles. The van der Waals surface area contributed by atoms with Crippen LogP contribution < -0.4 is 40.6 Å². The van der Waals surface area contributed by atoms with Crippen LogP contribution in [0.25, 0.3) is 6.08 Å². The fraction of sp³-hybridized carbons (Fsp3) is 0.114. The van der Waals surface area contributed by atoms with Crippen molar-refractivity contribution in [3.63, 3.8) is 0 Å². The summed E-state index contributed by atoms with van der Waals surface area (Å²) >= 11 is 0. The van der Waals surface area contributed by atoms with Crippen LogP contribution in [0.4, 0.5) is 22.7 Å². The van der Waals surface area contributed by atoms with Gasteiger partial charge >= 0.3 is 13.8 Å². The fourth-order valence-electron chi connectivity index (χ4n) is 5.98. The number of nitrogens with one attached hydrogen (secondary N) is 5. The maximum absolute atomic E-state index is 13.2. The molecular formula is C44H39N6O15P. The number of methoxy groups -OCH3 is 2. The maximum atomic E-state index is 13.2. The molecule has 0 aliphatic carbocycles. The minimum atomic E-state index is -4.72. The molecule has 66 heavy (non-hydrogen) atoms. The Bertz CT molecular complexity index is 2820. The van der Waals surface area contributed by atoms with Gasteiger partial charge < -0.3 is 55.9 Å². The second kappa shape index (κ2) is 21.1. The zero-order valence-electron chi connectivity index (χ0n) is 34.8. The topological polar surface area (TPSA) is 332 Å². The number of phenolic OH excluding ortho intramolecular Hbond substituents is 1. The Morgan fingerprint density at radius 1 is 0.682 bits per heavy atom. The lowest BCUT2D eigenvalue weighted by Gasteiger charge is -2.17. The molecule has 0 spiro atoms. The van der Waals surface area contributed by atoms with Gasteiger partial charge in [-0.05, 0) is 103 Å². The minimum Gasteiger partial charge on any atom is -0.504 e. The molecule has 0 bridgehead atoms. The Morgan fingerprint density at radius 3 is 1.70 bits per heavy atom. The first kappa shape index (κ1) is 48.3. The Hall–Kier alpha value is -8.70. The van der Waals surface area contributed by atoms with Gasteiger partial charge in [-0.15, -0.1) is 0 Å². The van der Waals surface area contributed by atoms with Gasteiger partial charge in [0.05, 0.1) is 43.6 Å². The number of ether oxygens (including phenoxy) is 2. The number of carbonyl (C=O) groups is 6. The summed E-state index contributed by atoms with van der Waals surface area (Å²) < 4.78 is 25.9. The molecule has 5 amide bonds. The standard InChI is InChI=1S/C44H39N6O15P/c1-23(22-24-4-14-29(15-5-24)65-66(60,61)62)39(53)46-27-10-6-26(7-11-27)41(55)50-34(20-21-45)43(57)47-28-12-8-25(9-13-28)40(54)48-32-18-16-30(35(51)37(32)63-2)42(56)49-33-19-17-31(44(58)59)36(52)38(33)64-3/h4-19,22,34,51-52H,20H2,1-3H3,(H,46,53)(H,47,57)(H,48,54)(H,49,56)(H,50,55)(H,58,59)(H2,60,61,62). The molecule has 22 heteroatoms. The Balaban J connectivity index is 1.17. The van der Waals surface area contributed by atoms with Crippen molar-refractivity contribution in [2.45, 2.75) is 19.4 Å². The normalized spacial score (nSPS) is 11.5. The number of phosphoric acid groups is 1. The third kappa shape index (κ3) is 12.3. The number of hydrogen-bond acceptors (Lipinski definition) is 13. The molecule has 0 fully saturated rings. The van der Waals surface area contributed by atoms with Gasteiger partial charge in [0.1, 0.15) is 17.4 Å². The Labute approximate surface area is 374 Å². The summed E-state index contributed by atoms with van der Waals surface area (Å²) in [6, 6.07) is 22.1. The van der Waals surface area contributed by atoms with Crippen LogP contribution in [0.15, 0.2) is 103 Å². The largest absolute Gasteiger partial charge is 0.524 e. The molecule has 340 valence electrons. The molecule has 1 unspecified atom stereocenters. The molecule has 1 atom stereocenters. The average molecular weight is 923 g/mol. The van der Waals surface area contributed by atoms with Gasteiger partial charge in [0, 0.05) is 28.1 Å². The monoisotopic (exact) mass is 922 g/mol. The van der Waals surface area contributed by atoms with E-state index in [-0.39, 0.29) is 56.6 Å². The Kier molecular flexibility index (Phi) is 15.5. The first-order valence-corrected chi connectivity index (χ1v) is 20.5. The number of benzene rings is 5. The maximum Gasteiger partial charge on any atom is 0.524 e. The SMILES string of the molecule is COc1c(NC(=O)c2ccc(NC(=O)c3ccc(NC(=O)C(CC#N)NC(=O)c4ccc(NC(=O)C(C)=Cc5ccc(OP(=O)(O)O)cc5)cc4)cc3)c(OC)c2O)ccc(C(=O)O)c1O. The number of carbonyl (C=O) groups excluding carboxylic acids is 5. The molecule has 0 heterocycles. The van der Waals surface area contributed by atoms with Crippen molar-refractivity contribution < 1.29 is 72.4 Å². The number of nitrogens with zero attached hydrogens (tertiary/aromatic N) is 1. The van der Waals surface area contributed by atoms with Gasteiger partial charge in [-0.3, -0.25) is 33.8 Å². The van der Waals surface area contributed by atoms with Crippen LogP contribution in [0.2, 0.25) is 0 Å². The van der Waals surface area contributed by atoms with E-state index in [1.54, 1.807) is 6.92 Å². The van der Waals surface area contributed by atoms with Crippen molar-refractivity contribution in [1.29, 1.82) is 5.26 Å². The number of phosphoric ester groups is 1. The number of carboxylic acids is 1. The first-order valence-electron chi connectivity index (χ1n) is 19.0. The summed E-state index contributed by atoms with van der Waals surface area (Å²) in [5, 5.41) is 52.6. The van der Waals surface area contributed by atoms with E-state index in [0.29, 0.717) is 11.3 Å². The van der Waals surface area contributed by atoms with Gasteiger partial charge in [0.2, 0.25) is 5.91 Å². The van der Waals surface area contributed by atoms with Crippen LogP contribution in [-0.2, 0) is 14.2 Å². The molecule has 21 nitrogen and oxygen atoms in total. The van der Waals surface area contributed by atoms with Crippen LogP contribution >= 0.6 is 7.82 Å². The minimum absolute atomic E-state index is 0.0337. The number of amides is 5. The zero-order valence-corrected chi connectivity index (χ0v) is 35.7. The van der Waals surface area contributed by atoms with Gasteiger partial charge in [-0.1, -0.05) is 12.1 Å². The van der Waals surface area contributed by atoms with E-state index in [4.69, 9.17) is 19.3 Å². The van der Waals surface area contributed by atoms with E-state index < -0.39 is 72.9 Å². The third-order valence-corrected chi connectivity index (χ3v) is 9.67. The number of anilines is 4. The number of aromatic carboxylic acids is 1. The highest BCUT2D eigenvalue weighted by Crippen LogP contribution is 2.41. The highest BCUT2D eigenvalue weighted by molar-refractivity contribution is 7.46.